The maximum atomic E-state index is 11.0. The van der Waals surface area contributed by atoms with Gasteiger partial charge in [-0.2, -0.15) is 5.10 Å². The average molecular weight is 394 g/mol. The second-order valence-corrected chi connectivity index (χ2v) is 6.42. The molecular weight excluding hydrogens is 376 g/mol. The van der Waals surface area contributed by atoms with Gasteiger partial charge in [0.15, 0.2) is 0 Å². The Morgan fingerprint density at radius 1 is 1.03 bits per heavy atom. The number of benzene rings is 1. The number of aryl methyl sites for hydroxylation is 2. The van der Waals surface area contributed by atoms with Crippen LogP contribution in [0.1, 0.15) is 22.5 Å². The molecule has 0 saturated heterocycles. The van der Waals surface area contributed by atoms with Gasteiger partial charge in [0.1, 0.15) is 12.0 Å². The van der Waals surface area contributed by atoms with Gasteiger partial charge in [0.2, 0.25) is 0 Å². The molecule has 0 fully saturated rings. The highest BCUT2D eigenvalue weighted by molar-refractivity contribution is 5.82. The number of hydrogen-bond acceptors (Lipinski definition) is 7. The molecule has 3 aromatic rings. The topological polar surface area (TPSA) is 128 Å². The minimum absolute atomic E-state index is 0.0512. The number of nitrogens with zero attached hydrogens (tertiary/aromatic N) is 5. The van der Waals surface area contributed by atoms with Gasteiger partial charge >= 0.3 is 0 Å². The minimum Gasteiger partial charge on any atom is -0.318 e. The summed E-state index contributed by atoms with van der Waals surface area (Å²) < 4.78 is 2.00. The second kappa shape index (κ2) is 7.89. The maximum Gasteiger partial charge on any atom is 0.287 e. The number of non-ortho nitro benzene ring substituents is 1. The molecule has 1 N–H and O–H groups in total. The molecule has 1 aromatic carbocycles. The van der Waals surface area contributed by atoms with E-state index >= 15 is 0 Å². The van der Waals surface area contributed by atoms with E-state index < -0.39 is 9.85 Å². The number of anilines is 1. The molecule has 2 aromatic heterocycles. The molecule has 2 heterocycles. The molecule has 10 heteroatoms. The van der Waals surface area contributed by atoms with Crippen molar-refractivity contribution >= 4 is 23.4 Å². The van der Waals surface area contributed by atoms with E-state index in [0.717, 1.165) is 34.4 Å². The van der Waals surface area contributed by atoms with Crippen LogP contribution in [0, 0.1) is 41.0 Å². The van der Waals surface area contributed by atoms with E-state index in [2.05, 4.69) is 15.5 Å². The standard InChI is InChI=1S/C19H18N6O4/c1-12-8-16(24(26)27)4-6-18(12)23-13(2)9-15(14(23)3)10-21-22-19-7-5-17(11-20-19)25(28)29/h4-11H,1-3H3,(H,20,22)/b21-10-. The number of hydrazone groups is 1. The summed E-state index contributed by atoms with van der Waals surface area (Å²) in [7, 11) is 0. The Balaban J connectivity index is 1.83. The zero-order chi connectivity index (χ0) is 21.1. The Hall–Kier alpha value is -4.08. The van der Waals surface area contributed by atoms with Crippen LogP contribution in [0.4, 0.5) is 17.2 Å². The maximum absolute atomic E-state index is 11.0. The fraction of sp³-hybridized carbons (Fsp3) is 0.158. The van der Waals surface area contributed by atoms with Crippen molar-refractivity contribution in [3.63, 3.8) is 0 Å². The third-order valence-corrected chi connectivity index (χ3v) is 4.44. The molecule has 0 unspecified atom stereocenters. The van der Waals surface area contributed by atoms with Crippen LogP contribution in [0.25, 0.3) is 5.69 Å². The summed E-state index contributed by atoms with van der Waals surface area (Å²) in [5.74, 6) is 0.381. The lowest BCUT2D eigenvalue weighted by molar-refractivity contribution is -0.385. The van der Waals surface area contributed by atoms with Crippen molar-refractivity contribution in [3.05, 3.63) is 85.3 Å². The quantitative estimate of drug-likeness (QED) is 0.381. The summed E-state index contributed by atoms with van der Waals surface area (Å²) in [6, 6.07) is 9.52. The predicted molar refractivity (Wildman–Crippen MR) is 109 cm³/mol. The molecule has 0 aliphatic rings. The van der Waals surface area contributed by atoms with Gasteiger partial charge in [0.05, 0.1) is 16.1 Å². The predicted octanol–water partition coefficient (Wildman–Crippen LogP) is 4.06. The fourth-order valence-electron chi connectivity index (χ4n) is 3.02. The summed E-state index contributed by atoms with van der Waals surface area (Å²) in [4.78, 5) is 24.6. The monoisotopic (exact) mass is 394 g/mol. The Bertz CT molecular complexity index is 1120. The first-order valence-electron chi connectivity index (χ1n) is 8.62. The third kappa shape index (κ3) is 4.10. The molecule has 0 aliphatic heterocycles. The largest absolute Gasteiger partial charge is 0.318 e. The Morgan fingerprint density at radius 2 is 1.72 bits per heavy atom. The molecule has 0 bridgehead atoms. The highest BCUT2D eigenvalue weighted by Crippen LogP contribution is 2.25. The molecule has 0 amide bonds. The summed E-state index contributed by atoms with van der Waals surface area (Å²) in [5, 5.41) is 25.8. The Kier molecular flexibility index (Phi) is 5.35. The molecule has 29 heavy (non-hydrogen) atoms. The number of rotatable bonds is 6. The van der Waals surface area contributed by atoms with E-state index in [1.165, 1.54) is 18.2 Å². The highest BCUT2D eigenvalue weighted by atomic mass is 16.6. The molecule has 0 aliphatic carbocycles. The number of nitro groups is 2. The van der Waals surface area contributed by atoms with E-state index in [4.69, 9.17) is 0 Å². The number of aromatic nitrogens is 2. The van der Waals surface area contributed by atoms with Gasteiger partial charge in [0.25, 0.3) is 11.4 Å². The van der Waals surface area contributed by atoms with Crippen molar-refractivity contribution < 1.29 is 9.85 Å². The van der Waals surface area contributed by atoms with E-state index in [9.17, 15) is 20.2 Å². The molecule has 10 nitrogen and oxygen atoms in total. The number of nitrogens with one attached hydrogen (secondary N) is 1. The average Bonchev–Trinajstić information content (AvgIpc) is 2.95. The van der Waals surface area contributed by atoms with Gasteiger partial charge in [0, 0.05) is 40.8 Å². The van der Waals surface area contributed by atoms with Crippen molar-refractivity contribution in [3.8, 4) is 5.69 Å². The van der Waals surface area contributed by atoms with Crippen LogP contribution in [-0.2, 0) is 0 Å². The van der Waals surface area contributed by atoms with E-state index in [-0.39, 0.29) is 11.4 Å². The van der Waals surface area contributed by atoms with Crippen molar-refractivity contribution in [2.24, 2.45) is 5.10 Å². The molecule has 3 rings (SSSR count). The van der Waals surface area contributed by atoms with Gasteiger partial charge < -0.3 is 4.57 Å². The smallest absolute Gasteiger partial charge is 0.287 e. The second-order valence-electron chi connectivity index (χ2n) is 6.42. The first-order valence-corrected chi connectivity index (χ1v) is 8.62. The lowest BCUT2D eigenvalue weighted by Crippen LogP contribution is -2.03. The van der Waals surface area contributed by atoms with Crippen LogP contribution in [0.15, 0.2) is 47.7 Å². The first kappa shape index (κ1) is 19.7. The Labute approximate surface area is 165 Å². The fourth-order valence-corrected chi connectivity index (χ4v) is 3.02. The van der Waals surface area contributed by atoms with Crippen LogP contribution in [0.5, 0.6) is 0 Å². The van der Waals surface area contributed by atoms with Gasteiger partial charge in [-0.15, -0.1) is 0 Å². The molecule has 0 radical (unpaired) electrons. The lowest BCUT2D eigenvalue weighted by Gasteiger charge is -2.12. The lowest BCUT2D eigenvalue weighted by atomic mass is 10.1. The van der Waals surface area contributed by atoms with E-state index in [0.29, 0.717) is 5.82 Å². The SMILES string of the molecule is Cc1cc([N+](=O)[O-])ccc1-n1c(C)cc(/C=N\Nc2ccc([N+](=O)[O-])cn2)c1C. The number of hydrogen-bond donors (Lipinski definition) is 1. The van der Waals surface area contributed by atoms with Crippen molar-refractivity contribution in [2.75, 3.05) is 5.43 Å². The van der Waals surface area contributed by atoms with Crippen molar-refractivity contribution in [2.45, 2.75) is 20.8 Å². The van der Waals surface area contributed by atoms with Gasteiger partial charge in [-0.1, -0.05) is 0 Å². The highest BCUT2D eigenvalue weighted by Gasteiger charge is 2.14. The van der Waals surface area contributed by atoms with E-state index in [1.807, 2.05) is 31.4 Å². The Morgan fingerprint density at radius 3 is 2.31 bits per heavy atom. The normalized spacial score (nSPS) is 11.0. The minimum atomic E-state index is -0.519. The zero-order valence-electron chi connectivity index (χ0n) is 16.0. The van der Waals surface area contributed by atoms with Crippen molar-refractivity contribution in [1.29, 1.82) is 0 Å². The molecule has 0 saturated carbocycles. The van der Waals surface area contributed by atoms with Crippen LogP contribution in [0.3, 0.4) is 0 Å². The molecule has 0 spiro atoms. The molecular formula is C19H18N6O4. The van der Waals surface area contributed by atoms with Gasteiger partial charge in [-0.05, 0) is 44.5 Å². The zero-order valence-corrected chi connectivity index (χ0v) is 16.0. The first-order chi connectivity index (χ1) is 13.8. The third-order valence-electron chi connectivity index (χ3n) is 4.44. The van der Waals surface area contributed by atoms with Crippen LogP contribution in [0.2, 0.25) is 0 Å². The molecule has 0 atom stereocenters. The van der Waals surface area contributed by atoms with Gasteiger partial charge in [-0.25, -0.2) is 4.98 Å². The number of pyridine rings is 1. The van der Waals surface area contributed by atoms with Gasteiger partial charge in [-0.3, -0.25) is 25.7 Å². The van der Waals surface area contributed by atoms with Crippen molar-refractivity contribution in [1.82, 2.24) is 9.55 Å². The summed E-state index contributed by atoms with van der Waals surface area (Å²) in [6.45, 7) is 5.70. The van der Waals surface area contributed by atoms with Crippen LogP contribution in [-0.4, -0.2) is 25.6 Å². The van der Waals surface area contributed by atoms with Crippen LogP contribution < -0.4 is 5.43 Å². The molecule has 148 valence electrons. The van der Waals surface area contributed by atoms with E-state index in [1.54, 1.807) is 18.3 Å². The number of nitro benzene ring substituents is 1. The summed E-state index contributed by atoms with van der Waals surface area (Å²) in [6.07, 6.45) is 2.78. The summed E-state index contributed by atoms with van der Waals surface area (Å²) in [5.41, 5.74) is 7.07. The summed E-state index contributed by atoms with van der Waals surface area (Å²) >= 11 is 0. The van der Waals surface area contributed by atoms with Crippen LogP contribution >= 0.6 is 0 Å².